The highest BCUT2D eigenvalue weighted by atomic mass is 32.1. The van der Waals surface area contributed by atoms with E-state index in [1.54, 1.807) is 11.5 Å². The molecule has 3 aliphatic rings. The highest BCUT2D eigenvalue weighted by Gasteiger charge is 2.41. The van der Waals surface area contributed by atoms with Gasteiger partial charge < -0.3 is 10.6 Å². The normalized spacial score (nSPS) is 36.5. The van der Waals surface area contributed by atoms with Crippen LogP contribution in [-0.2, 0) is 0 Å². The number of piperidine rings is 1. The summed E-state index contributed by atoms with van der Waals surface area (Å²) in [6, 6.07) is 1.66. The Bertz CT molecular complexity index is 414. The minimum atomic E-state index is 0.402. The molecule has 5 heteroatoms. The zero-order valence-electron chi connectivity index (χ0n) is 9.88. The van der Waals surface area contributed by atoms with Crippen molar-refractivity contribution in [1.82, 2.24) is 9.36 Å². The Kier molecular flexibility index (Phi) is 2.21. The zero-order valence-corrected chi connectivity index (χ0v) is 10.7. The molecule has 1 saturated carbocycles. The van der Waals surface area contributed by atoms with Gasteiger partial charge in [0, 0.05) is 35.6 Å². The highest BCUT2D eigenvalue weighted by Crippen LogP contribution is 2.43. The van der Waals surface area contributed by atoms with Crippen molar-refractivity contribution in [2.24, 2.45) is 5.73 Å². The molecule has 3 fully saturated rings. The van der Waals surface area contributed by atoms with Gasteiger partial charge >= 0.3 is 0 Å². The average Bonchev–Trinajstić information content (AvgIpc) is 2.98. The Balaban J connectivity index is 1.61. The van der Waals surface area contributed by atoms with Crippen LogP contribution in [0.25, 0.3) is 0 Å². The summed E-state index contributed by atoms with van der Waals surface area (Å²) in [4.78, 5) is 7.28. The molecule has 0 radical (unpaired) electrons. The van der Waals surface area contributed by atoms with Gasteiger partial charge in [0.05, 0.1) is 0 Å². The summed E-state index contributed by atoms with van der Waals surface area (Å²) in [5.74, 6) is 1.77. The van der Waals surface area contributed by atoms with Crippen LogP contribution in [0.15, 0.2) is 0 Å². The summed E-state index contributed by atoms with van der Waals surface area (Å²) < 4.78 is 4.53. The molecule has 2 saturated heterocycles. The van der Waals surface area contributed by atoms with Crippen LogP contribution in [0.1, 0.15) is 50.3 Å². The van der Waals surface area contributed by atoms with Gasteiger partial charge in [-0.1, -0.05) is 0 Å². The predicted octanol–water partition coefficient (Wildman–Crippen LogP) is 1.87. The quantitative estimate of drug-likeness (QED) is 0.870. The van der Waals surface area contributed by atoms with Crippen LogP contribution in [0.4, 0.5) is 5.13 Å². The fourth-order valence-corrected chi connectivity index (χ4v) is 4.26. The number of aromatic nitrogens is 2. The van der Waals surface area contributed by atoms with Crippen molar-refractivity contribution in [3.05, 3.63) is 5.82 Å². The maximum absolute atomic E-state index is 6.10. The summed E-state index contributed by atoms with van der Waals surface area (Å²) in [5.41, 5.74) is 6.10. The van der Waals surface area contributed by atoms with E-state index in [-0.39, 0.29) is 0 Å². The molecule has 4 rings (SSSR count). The van der Waals surface area contributed by atoms with Crippen LogP contribution in [0.2, 0.25) is 0 Å². The standard InChI is InChI=1S/C12H18N4S/c13-8-5-9-3-4-10(6-8)16(9)12-14-11(15-17-12)7-1-2-7/h7-10H,1-6,13H2. The van der Waals surface area contributed by atoms with E-state index in [1.807, 2.05) is 0 Å². The lowest BCUT2D eigenvalue weighted by atomic mass is 9.99. The summed E-state index contributed by atoms with van der Waals surface area (Å²) in [7, 11) is 0. The lowest BCUT2D eigenvalue weighted by molar-refractivity contribution is 0.414. The molecule has 17 heavy (non-hydrogen) atoms. The molecule has 0 spiro atoms. The molecular weight excluding hydrogens is 232 g/mol. The van der Waals surface area contributed by atoms with Crippen molar-refractivity contribution in [2.45, 2.75) is 62.6 Å². The molecule has 1 aliphatic carbocycles. The molecule has 3 heterocycles. The molecule has 2 unspecified atom stereocenters. The minimum Gasteiger partial charge on any atom is -0.341 e. The first kappa shape index (κ1) is 10.3. The molecule has 1 aromatic rings. The van der Waals surface area contributed by atoms with E-state index in [9.17, 15) is 0 Å². The second-order valence-electron chi connectivity index (χ2n) is 5.73. The number of hydrogen-bond donors (Lipinski definition) is 1. The number of nitrogens with two attached hydrogens (primary N) is 1. The fraction of sp³-hybridized carbons (Fsp3) is 0.833. The van der Waals surface area contributed by atoms with E-state index in [4.69, 9.17) is 10.7 Å². The van der Waals surface area contributed by atoms with Crippen molar-refractivity contribution in [2.75, 3.05) is 4.90 Å². The number of nitrogens with zero attached hydrogens (tertiary/aromatic N) is 3. The first-order valence-corrected chi connectivity index (χ1v) is 7.46. The number of fused-ring (bicyclic) bond motifs is 2. The summed E-state index contributed by atoms with van der Waals surface area (Å²) >= 11 is 1.60. The SMILES string of the molecule is NC1CC2CCC(C1)N2c1nc(C2CC2)ns1. The second-order valence-corrected chi connectivity index (χ2v) is 6.46. The molecule has 2 aliphatic heterocycles. The van der Waals surface area contributed by atoms with Crippen molar-refractivity contribution in [3.8, 4) is 0 Å². The van der Waals surface area contributed by atoms with Crippen LogP contribution in [-0.4, -0.2) is 27.5 Å². The Labute approximate surface area is 105 Å². The molecule has 92 valence electrons. The van der Waals surface area contributed by atoms with Crippen molar-refractivity contribution in [1.29, 1.82) is 0 Å². The van der Waals surface area contributed by atoms with Crippen LogP contribution < -0.4 is 10.6 Å². The van der Waals surface area contributed by atoms with E-state index in [2.05, 4.69) is 9.27 Å². The van der Waals surface area contributed by atoms with Gasteiger partial charge in [0.2, 0.25) is 5.13 Å². The lowest BCUT2D eigenvalue weighted by Gasteiger charge is -2.37. The number of hydrogen-bond acceptors (Lipinski definition) is 5. The molecule has 4 nitrogen and oxygen atoms in total. The highest BCUT2D eigenvalue weighted by molar-refractivity contribution is 7.09. The van der Waals surface area contributed by atoms with Gasteiger partial charge in [-0.25, -0.2) is 4.98 Å². The van der Waals surface area contributed by atoms with Gasteiger partial charge in [0.1, 0.15) is 5.82 Å². The van der Waals surface area contributed by atoms with Gasteiger partial charge in [-0.2, -0.15) is 4.37 Å². The molecule has 2 N–H and O–H groups in total. The molecule has 0 amide bonds. The van der Waals surface area contributed by atoms with Crippen LogP contribution in [0.3, 0.4) is 0 Å². The first-order chi connectivity index (χ1) is 8.31. The third-order valence-corrected chi connectivity index (χ3v) is 5.11. The largest absolute Gasteiger partial charge is 0.341 e. The Morgan fingerprint density at radius 3 is 2.47 bits per heavy atom. The fourth-order valence-electron chi connectivity index (χ4n) is 3.37. The van der Waals surface area contributed by atoms with Gasteiger partial charge in [0.25, 0.3) is 0 Å². The molecular formula is C12H18N4S. The van der Waals surface area contributed by atoms with Crippen LogP contribution >= 0.6 is 11.5 Å². The van der Waals surface area contributed by atoms with Crippen molar-refractivity contribution < 1.29 is 0 Å². The third kappa shape index (κ3) is 1.67. The van der Waals surface area contributed by atoms with E-state index >= 15 is 0 Å². The maximum Gasteiger partial charge on any atom is 0.205 e. The summed E-state index contributed by atoms with van der Waals surface area (Å²) in [6.45, 7) is 0. The van der Waals surface area contributed by atoms with Gasteiger partial charge in [0.15, 0.2) is 0 Å². The molecule has 1 aromatic heterocycles. The Morgan fingerprint density at radius 1 is 1.12 bits per heavy atom. The number of rotatable bonds is 2. The lowest BCUT2D eigenvalue weighted by Crippen LogP contribution is -2.47. The minimum absolute atomic E-state index is 0.402. The molecule has 2 atom stereocenters. The van der Waals surface area contributed by atoms with Crippen molar-refractivity contribution >= 4 is 16.7 Å². The molecule has 0 aromatic carbocycles. The van der Waals surface area contributed by atoms with Crippen LogP contribution in [0, 0.1) is 0 Å². The summed E-state index contributed by atoms with van der Waals surface area (Å²) in [6.07, 6.45) is 7.42. The summed E-state index contributed by atoms with van der Waals surface area (Å²) in [5, 5.41) is 1.16. The van der Waals surface area contributed by atoms with Crippen molar-refractivity contribution in [3.63, 3.8) is 0 Å². The third-order valence-electron chi connectivity index (χ3n) is 4.36. The van der Waals surface area contributed by atoms with Crippen LogP contribution in [0.5, 0.6) is 0 Å². The Hall–Kier alpha value is -0.680. The van der Waals surface area contributed by atoms with E-state index < -0.39 is 0 Å². The monoisotopic (exact) mass is 250 g/mol. The first-order valence-electron chi connectivity index (χ1n) is 6.69. The van der Waals surface area contributed by atoms with Gasteiger partial charge in [-0.3, -0.25) is 0 Å². The van der Waals surface area contributed by atoms with Gasteiger partial charge in [-0.05, 0) is 38.5 Å². The topological polar surface area (TPSA) is 55.0 Å². The molecule has 2 bridgehead atoms. The maximum atomic E-state index is 6.10. The van der Waals surface area contributed by atoms with E-state index in [0.29, 0.717) is 24.0 Å². The average molecular weight is 250 g/mol. The van der Waals surface area contributed by atoms with Gasteiger partial charge in [-0.15, -0.1) is 0 Å². The number of anilines is 1. The second kappa shape index (κ2) is 3.65. The predicted molar refractivity (Wildman–Crippen MR) is 68.4 cm³/mol. The Morgan fingerprint density at radius 2 is 1.82 bits per heavy atom. The zero-order chi connectivity index (χ0) is 11.4. The van der Waals surface area contributed by atoms with E-state index in [0.717, 1.165) is 23.8 Å². The smallest absolute Gasteiger partial charge is 0.205 e. The van der Waals surface area contributed by atoms with E-state index in [1.165, 1.54) is 25.7 Å².